The summed E-state index contributed by atoms with van der Waals surface area (Å²) in [5, 5.41) is 3.09. The number of carbonyl (C=O) groups excluding carboxylic acids is 1. The molecule has 3 unspecified atom stereocenters. The van der Waals surface area contributed by atoms with E-state index in [9.17, 15) is 4.79 Å². The molecule has 2 rings (SSSR count). The van der Waals surface area contributed by atoms with Gasteiger partial charge in [0.15, 0.2) is 0 Å². The van der Waals surface area contributed by atoms with E-state index in [4.69, 9.17) is 15.2 Å². The van der Waals surface area contributed by atoms with Gasteiger partial charge in [0, 0.05) is 6.04 Å². The number of amides is 1. The van der Waals surface area contributed by atoms with Gasteiger partial charge in [-0.05, 0) is 31.0 Å². The van der Waals surface area contributed by atoms with E-state index in [0.717, 1.165) is 17.7 Å². The number of rotatable bonds is 5. The predicted molar refractivity (Wildman–Crippen MR) is 81.1 cm³/mol. The van der Waals surface area contributed by atoms with Crippen LogP contribution in [-0.2, 0) is 9.53 Å². The van der Waals surface area contributed by atoms with E-state index in [-0.39, 0.29) is 18.0 Å². The molecule has 1 heterocycles. The minimum Gasteiger partial charge on any atom is -0.497 e. The van der Waals surface area contributed by atoms with Gasteiger partial charge < -0.3 is 20.5 Å². The maximum atomic E-state index is 12.5. The highest BCUT2D eigenvalue weighted by Crippen LogP contribution is 2.29. The zero-order valence-electron chi connectivity index (χ0n) is 12.9. The molecule has 1 aliphatic heterocycles. The minimum atomic E-state index is -0.653. The van der Waals surface area contributed by atoms with Gasteiger partial charge >= 0.3 is 0 Å². The molecule has 1 fully saturated rings. The maximum absolute atomic E-state index is 12.5. The number of nitrogens with two attached hydrogens (primary N) is 1. The molecule has 0 radical (unpaired) electrons. The van der Waals surface area contributed by atoms with E-state index in [0.29, 0.717) is 13.2 Å². The first-order valence-corrected chi connectivity index (χ1v) is 7.29. The molecular weight excluding hydrogens is 268 g/mol. The summed E-state index contributed by atoms with van der Waals surface area (Å²) < 4.78 is 10.5. The molecule has 5 heteroatoms. The number of hydrogen-bond donors (Lipinski definition) is 2. The van der Waals surface area contributed by atoms with Crippen LogP contribution in [0.2, 0.25) is 0 Å². The highest BCUT2D eigenvalue weighted by Gasteiger charge is 2.44. The van der Waals surface area contributed by atoms with E-state index in [1.165, 1.54) is 0 Å². The lowest BCUT2D eigenvalue weighted by Gasteiger charge is -2.28. The number of nitrogens with one attached hydrogen (secondary N) is 1. The molecule has 0 aromatic heterocycles. The monoisotopic (exact) mass is 292 g/mol. The first-order valence-electron chi connectivity index (χ1n) is 7.29. The summed E-state index contributed by atoms with van der Waals surface area (Å²) in [5.41, 5.74) is 6.41. The number of benzene rings is 1. The van der Waals surface area contributed by atoms with Crippen molar-refractivity contribution in [3.8, 4) is 5.75 Å². The summed E-state index contributed by atoms with van der Waals surface area (Å²) in [6.45, 7) is 4.71. The van der Waals surface area contributed by atoms with Gasteiger partial charge in [0.2, 0.25) is 5.91 Å². The van der Waals surface area contributed by atoms with E-state index in [2.05, 4.69) is 5.32 Å². The van der Waals surface area contributed by atoms with Crippen LogP contribution < -0.4 is 15.8 Å². The van der Waals surface area contributed by atoms with Crippen molar-refractivity contribution < 1.29 is 14.3 Å². The quantitative estimate of drug-likeness (QED) is 0.865. The van der Waals surface area contributed by atoms with Crippen LogP contribution in [0.15, 0.2) is 24.3 Å². The third-order valence-corrected chi connectivity index (χ3v) is 4.27. The second-order valence-electron chi connectivity index (χ2n) is 5.75. The normalized spacial score (nSPS) is 26.4. The second-order valence-corrected chi connectivity index (χ2v) is 5.75. The molecule has 21 heavy (non-hydrogen) atoms. The Morgan fingerprint density at radius 3 is 2.67 bits per heavy atom. The maximum Gasteiger partial charge on any atom is 0.230 e. The Hall–Kier alpha value is -1.59. The topological polar surface area (TPSA) is 73.6 Å². The molecule has 1 amide bonds. The Balaban J connectivity index is 2.09. The molecule has 0 saturated carbocycles. The van der Waals surface area contributed by atoms with Crippen LogP contribution in [0, 0.1) is 5.41 Å². The Morgan fingerprint density at radius 2 is 2.19 bits per heavy atom. The number of carbonyl (C=O) groups is 1. The van der Waals surface area contributed by atoms with Gasteiger partial charge in [-0.2, -0.15) is 0 Å². The zero-order chi connectivity index (χ0) is 15.5. The Labute approximate surface area is 125 Å². The van der Waals surface area contributed by atoms with Gasteiger partial charge in [0.05, 0.1) is 31.8 Å². The molecule has 116 valence electrons. The fourth-order valence-electron chi connectivity index (χ4n) is 2.50. The lowest BCUT2D eigenvalue weighted by atomic mass is 9.84. The summed E-state index contributed by atoms with van der Waals surface area (Å²) in [4.78, 5) is 12.5. The van der Waals surface area contributed by atoms with Crippen LogP contribution in [-0.4, -0.2) is 32.3 Å². The number of hydrogen-bond acceptors (Lipinski definition) is 4. The molecule has 1 aliphatic rings. The van der Waals surface area contributed by atoms with Gasteiger partial charge in [-0.25, -0.2) is 0 Å². The molecule has 5 nitrogen and oxygen atoms in total. The van der Waals surface area contributed by atoms with Crippen LogP contribution in [0.1, 0.15) is 31.9 Å². The molecule has 3 N–H and O–H groups in total. The number of ether oxygens (including phenoxy) is 2. The molecule has 1 saturated heterocycles. The molecule has 1 aromatic rings. The van der Waals surface area contributed by atoms with Crippen molar-refractivity contribution in [2.75, 3.05) is 20.3 Å². The highest BCUT2D eigenvalue weighted by molar-refractivity contribution is 5.84. The zero-order valence-corrected chi connectivity index (χ0v) is 12.9. The van der Waals surface area contributed by atoms with Crippen LogP contribution in [0.4, 0.5) is 0 Å². The lowest BCUT2D eigenvalue weighted by molar-refractivity contribution is -0.131. The SMILES string of the molecule is CCC(NC(=O)C1(C)COCC1N)c1ccc(OC)cc1. The lowest BCUT2D eigenvalue weighted by Crippen LogP contribution is -2.50. The van der Waals surface area contributed by atoms with Crippen LogP contribution in [0.3, 0.4) is 0 Å². The summed E-state index contributed by atoms with van der Waals surface area (Å²) in [6.07, 6.45) is 0.810. The van der Waals surface area contributed by atoms with Gasteiger partial charge in [-0.15, -0.1) is 0 Å². The Bertz CT molecular complexity index is 489. The van der Waals surface area contributed by atoms with Crippen molar-refractivity contribution >= 4 is 5.91 Å². The first-order chi connectivity index (χ1) is 10.0. The molecule has 1 aromatic carbocycles. The van der Waals surface area contributed by atoms with Crippen molar-refractivity contribution in [3.05, 3.63) is 29.8 Å². The standard InChI is InChI=1S/C16H24N2O3/c1-4-13(11-5-7-12(20-3)8-6-11)18-15(19)16(2)10-21-9-14(16)17/h5-8,13-14H,4,9-10,17H2,1-3H3,(H,18,19). The predicted octanol–water partition coefficient (Wildman–Crippen LogP) is 1.63. The van der Waals surface area contributed by atoms with Crippen molar-refractivity contribution in [1.29, 1.82) is 0 Å². The van der Waals surface area contributed by atoms with Crippen molar-refractivity contribution in [2.45, 2.75) is 32.4 Å². The van der Waals surface area contributed by atoms with Crippen molar-refractivity contribution in [3.63, 3.8) is 0 Å². The third-order valence-electron chi connectivity index (χ3n) is 4.27. The van der Waals surface area contributed by atoms with Crippen molar-refractivity contribution in [1.82, 2.24) is 5.32 Å². The van der Waals surface area contributed by atoms with Crippen LogP contribution >= 0.6 is 0 Å². The molecule has 0 bridgehead atoms. The molecule has 0 aliphatic carbocycles. The summed E-state index contributed by atoms with van der Waals surface area (Å²) >= 11 is 0. The Kier molecular flexibility index (Phi) is 4.85. The number of methoxy groups -OCH3 is 1. The van der Waals surface area contributed by atoms with E-state index >= 15 is 0 Å². The fourth-order valence-corrected chi connectivity index (χ4v) is 2.50. The smallest absolute Gasteiger partial charge is 0.230 e. The average molecular weight is 292 g/mol. The fraction of sp³-hybridized carbons (Fsp3) is 0.562. The van der Waals surface area contributed by atoms with Crippen molar-refractivity contribution in [2.24, 2.45) is 11.1 Å². The van der Waals surface area contributed by atoms with Gasteiger partial charge in [-0.1, -0.05) is 19.1 Å². The Morgan fingerprint density at radius 1 is 1.52 bits per heavy atom. The second kappa shape index (κ2) is 6.45. The van der Waals surface area contributed by atoms with E-state index < -0.39 is 5.41 Å². The van der Waals surface area contributed by atoms with Gasteiger partial charge in [-0.3, -0.25) is 4.79 Å². The molecule has 3 atom stereocenters. The van der Waals surface area contributed by atoms with Crippen LogP contribution in [0.5, 0.6) is 5.75 Å². The van der Waals surface area contributed by atoms with E-state index in [1.807, 2.05) is 38.1 Å². The largest absolute Gasteiger partial charge is 0.497 e. The van der Waals surface area contributed by atoms with Gasteiger partial charge in [0.1, 0.15) is 5.75 Å². The first kappa shape index (κ1) is 15.8. The highest BCUT2D eigenvalue weighted by atomic mass is 16.5. The molecule has 0 spiro atoms. The van der Waals surface area contributed by atoms with E-state index in [1.54, 1.807) is 7.11 Å². The summed E-state index contributed by atoms with van der Waals surface area (Å²) in [7, 11) is 1.64. The third kappa shape index (κ3) is 3.19. The van der Waals surface area contributed by atoms with Gasteiger partial charge in [0.25, 0.3) is 0 Å². The summed E-state index contributed by atoms with van der Waals surface area (Å²) in [6, 6.07) is 7.45. The minimum absolute atomic E-state index is 0.0342. The molecular formula is C16H24N2O3. The summed E-state index contributed by atoms with van der Waals surface area (Å²) in [5.74, 6) is 0.758. The average Bonchev–Trinajstić information content (AvgIpc) is 2.85. The van der Waals surface area contributed by atoms with Crippen LogP contribution in [0.25, 0.3) is 0 Å².